The van der Waals surface area contributed by atoms with Crippen molar-refractivity contribution in [2.45, 2.75) is 39.0 Å². The number of thiophene rings is 1. The summed E-state index contributed by atoms with van der Waals surface area (Å²) in [5.41, 5.74) is 4.28. The second-order valence-electron chi connectivity index (χ2n) is 8.41. The van der Waals surface area contributed by atoms with Crippen LogP contribution in [0.4, 0.5) is 5.82 Å². The van der Waals surface area contributed by atoms with Crippen LogP contribution >= 0.6 is 11.3 Å². The van der Waals surface area contributed by atoms with Crippen molar-refractivity contribution < 1.29 is 0 Å². The summed E-state index contributed by atoms with van der Waals surface area (Å²) in [5, 5.41) is 3.77. The zero-order valence-electron chi connectivity index (χ0n) is 17.9. The van der Waals surface area contributed by atoms with Gasteiger partial charge in [-0.05, 0) is 61.6 Å². The largest absolute Gasteiger partial charge is 0.369 e. The smallest absolute Gasteiger partial charge is 0.139 e. The number of hydrogen-bond acceptors (Lipinski definition) is 3. The number of hydrogen-bond donors (Lipinski definition) is 1. The van der Waals surface area contributed by atoms with E-state index in [-0.39, 0.29) is 0 Å². The summed E-state index contributed by atoms with van der Waals surface area (Å²) >= 11 is 1.71. The van der Waals surface area contributed by atoms with Crippen LogP contribution in [0.15, 0.2) is 60.8 Å². The molecule has 1 aliphatic carbocycles. The van der Waals surface area contributed by atoms with E-state index < -0.39 is 0 Å². The first-order chi connectivity index (χ1) is 15.3. The maximum Gasteiger partial charge on any atom is 0.139 e. The molecule has 31 heavy (non-hydrogen) atoms. The van der Waals surface area contributed by atoms with Crippen molar-refractivity contribution in [2.75, 3.05) is 11.9 Å². The Hall–Kier alpha value is -3.03. The van der Waals surface area contributed by atoms with Gasteiger partial charge in [-0.15, -0.1) is 11.3 Å². The molecule has 4 heteroatoms. The predicted octanol–water partition coefficient (Wildman–Crippen LogP) is 6.76. The molecule has 3 nitrogen and oxygen atoms in total. The van der Waals surface area contributed by atoms with E-state index in [1.165, 1.54) is 37.7 Å². The number of anilines is 1. The first-order valence-electron chi connectivity index (χ1n) is 11.2. The maximum absolute atomic E-state index is 4.98. The molecule has 0 amide bonds. The third kappa shape index (κ3) is 4.52. The summed E-state index contributed by atoms with van der Waals surface area (Å²) in [6.45, 7) is 3.15. The molecule has 0 spiro atoms. The SMILES string of the molecule is Cc1ccc2nc(-c3ccc(C#Cc4ccccc4)s3)c(NCC3CCCCC3)n2c1. The second kappa shape index (κ2) is 8.99. The molecule has 1 N–H and O–H groups in total. The van der Waals surface area contributed by atoms with Gasteiger partial charge in [-0.3, -0.25) is 4.40 Å². The quantitative estimate of drug-likeness (QED) is 0.366. The van der Waals surface area contributed by atoms with Gasteiger partial charge < -0.3 is 5.32 Å². The number of rotatable bonds is 4. The van der Waals surface area contributed by atoms with Crippen LogP contribution in [-0.4, -0.2) is 15.9 Å². The van der Waals surface area contributed by atoms with Crippen LogP contribution in [0.1, 0.15) is 48.1 Å². The van der Waals surface area contributed by atoms with Gasteiger partial charge in [0.25, 0.3) is 0 Å². The van der Waals surface area contributed by atoms with Crippen LogP contribution in [0.5, 0.6) is 0 Å². The fourth-order valence-corrected chi connectivity index (χ4v) is 5.16. The summed E-state index contributed by atoms with van der Waals surface area (Å²) < 4.78 is 2.21. The number of benzene rings is 1. The summed E-state index contributed by atoms with van der Waals surface area (Å²) in [6, 6.07) is 18.6. The van der Waals surface area contributed by atoms with E-state index in [9.17, 15) is 0 Å². The highest BCUT2D eigenvalue weighted by Gasteiger charge is 2.18. The Labute approximate surface area is 188 Å². The summed E-state index contributed by atoms with van der Waals surface area (Å²) in [7, 11) is 0. The minimum absolute atomic E-state index is 0.757. The molecule has 0 unspecified atom stereocenters. The Bertz CT molecular complexity index is 1230. The summed E-state index contributed by atoms with van der Waals surface area (Å²) in [5.74, 6) is 8.43. The predicted molar refractivity (Wildman–Crippen MR) is 131 cm³/mol. The van der Waals surface area contributed by atoms with Crippen molar-refractivity contribution in [3.8, 4) is 22.4 Å². The molecular weight excluding hydrogens is 398 g/mol. The van der Waals surface area contributed by atoms with Crippen molar-refractivity contribution in [1.29, 1.82) is 0 Å². The molecule has 5 rings (SSSR count). The van der Waals surface area contributed by atoms with Gasteiger partial charge in [-0.2, -0.15) is 0 Å². The number of imidazole rings is 1. The van der Waals surface area contributed by atoms with Crippen molar-refractivity contribution in [3.63, 3.8) is 0 Å². The molecule has 0 aliphatic heterocycles. The molecular formula is C27H27N3S. The van der Waals surface area contributed by atoms with E-state index in [2.05, 4.69) is 58.9 Å². The van der Waals surface area contributed by atoms with E-state index in [1.54, 1.807) is 11.3 Å². The summed E-state index contributed by atoms with van der Waals surface area (Å²) in [6.07, 6.45) is 8.95. The number of pyridine rings is 1. The highest BCUT2D eigenvalue weighted by atomic mass is 32.1. The Morgan fingerprint density at radius 3 is 2.68 bits per heavy atom. The zero-order valence-corrected chi connectivity index (χ0v) is 18.7. The fraction of sp³-hybridized carbons (Fsp3) is 0.296. The van der Waals surface area contributed by atoms with Gasteiger partial charge in [0.2, 0.25) is 0 Å². The third-order valence-corrected chi connectivity index (χ3v) is 7.00. The standard InChI is InChI=1S/C27H27N3S/c1-20-12-17-25-29-26(27(30(25)19-20)28-18-22-10-6-3-7-11-22)24-16-15-23(31-24)14-13-21-8-4-2-5-9-21/h2,4-5,8-9,12,15-17,19,22,28H,3,6-7,10-11,18H2,1H3. The van der Waals surface area contributed by atoms with Crippen molar-refractivity contribution in [1.82, 2.24) is 9.38 Å². The lowest BCUT2D eigenvalue weighted by molar-refractivity contribution is 0.373. The number of aromatic nitrogens is 2. The lowest BCUT2D eigenvalue weighted by Gasteiger charge is -2.22. The van der Waals surface area contributed by atoms with E-state index >= 15 is 0 Å². The third-order valence-electron chi connectivity index (χ3n) is 5.99. The fourth-order valence-electron chi connectivity index (χ4n) is 4.31. The molecule has 0 atom stereocenters. The van der Waals surface area contributed by atoms with Crippen molar-refractivity contribution in [3.05, 3.63) is 76.8 Å². The molecule has 156 valence electrons. The normalized spacial score (nSPS) is 14.4. The van der Waals surface area contributed by atoms with Crippen molar-refractivity contribution in [2.24, 2.45) is 5.92 Å². The van der Waals surface area contributed by atoms with E-state index in [0.29, 0.717) is 0 Å². The van der Waals surface area contributed by atoms with Crippen LogP contribution < -0.4 is 5.32 Å². The number of fused-ring (bicyclic) bond motifs is 1. The van der Waals surface area contributed by atoms with Crippen LogP contribution in [0.25, 0.3) is 16.2 Å². The number of nitrogens with one attached hydrogen (secondary N) is 1. The maximum atomic E-state index is 4.98. The molecule has 0 radical (unpaired) electrons. The van der Waals surface area contributed by atoms with Gasteiger partial charge in [0.15, 0.2) is 0 Å². The number of nitrogens with zero attached hydrogens (tertiary/aromatic N) is 2. The van der Waals surface area contributed by atoms with Gasteiger partial charge in [-0.1, -0.05) is 55.4 Å². The minimum atomic E-state index is 0.757. The molecule has 1 fully saturated rings. The van der Waals surface area contributed by atoms with E-state index in [4.69, 9.17) is 4.98 Å². The van der Waals surface area contributed by atoms with E-state index in [0.717, 1.165) is 44.9 Å². The summed E-state index contributed by atoms with van der Waals surface area (Å²) in [4.78, 5) is 7.20. The molecule has 4 aromatic rings. The van der Waals surface area contributed by atoms with Crippen LogP contribution in [0, 0.1) is 24.7 Å². The molecule has 3 heterocycles. The van der Waals surface area contributed by atoms with E-state index in [1.807, 2.05) is 30.3 Å². The molecule has 3 aromatic heterocycles. The van der Waals surface area contributed by atoms with Gasteiger partial charge in [0, 0.05) is 18.3 Å². The second-order valence-corrected chi connectivity index (χ2v) is 9.49. The highest BCUT2D eigenvalue weighted by Crippen LogP contribution is 2.34. The Morgan fingerprint density at radius 1 is 1.00 bits per heavy atom. The Kier molecular flexibility index (Phi) is 5.78. The lowest BCUT2D eigenvalue weighted by Crippen LogP contribution is -2.18. The van der Waals surface area contributed by atoms with Gasteiger partial charge in [-0.25, -0.2) is 4.98 Å². The average molecular weight is 426 g/mol. The molecule has 0 saturated heterocycles. The van der Waals surface area contributed by atoms with Crippen molar-refractivity contribution >= 4 is 22.8 Å². The first-order valence-corrected chi connectivity index (χ1v) is 12.0. The average Bonchev–Trinajstić information content (AvgIpc) is 3.42. The monoisotopic (exact) mass is 425 g/mol. The van der Waals surface area contributed by atoms with Gasteiger partial charge in [0.1, 0.15) is 17.2 Å². The van der Waals surface area contributed by atoms with Crippen LogP contribution in [0.2, 0.25) is 0 Å². The Morgan fingerprint density at radius 2 is 1.84 bits per heavy atom. The van der Waals surface area contributed by atoms with Crippen LogP contribution in [-0.2, 0) is 0 Å². The molecule has 1 saturated carbocycles. The zero-order chi connectivity index (χ0) is 21.0. The lowest BCUT2D eigenvalue weighted by atomic mass is 9.89. The van der Waals surface area contributed by atoms with Gasteiger partial charge in [0.05, 0.1) is 9.75 Å². The number of aryl methyl sites for hydroxylation is 1. The molecule has 0 bridgehead atoms. The first kappa shape index (κ1) is 19.9. The molecule has 1 aromatic carbocycles. The topological polar surface area (TPSA) is 29.3 Å². The van der Waals surface area contributed by atoms with Gasteiger partial charge >= 0.3 is 0 Å². The van der Waals surface area contributed by atoms with Crippen LogP contribution in [0.3, 0.4) is 0 Å². The molecule has 1 aliphatic rings. The minimum Gasteiger partial charge on any atom is -0.369 e. The Balaban J connectivity index is 1.46. The highest BCUT2D eigenvalue weighted by molar-refractivity contribution is 7.16.